The van der Waals surface area contributed by atoms with E-state index in [1.165, 1.54) is 6.07 Å². The third kappa shape index (κ3) is 3.37. The summed E-state index contributed by atoms with van der Waals surface area (Å²) in [7, 11) is 0. The highest BCUT2D eigenvalue weighted by Crippen LogP contribution is 2.37. The van der Waals surface area contributed by atoms with Crippen LogP contribution in [0.15, 0.2) is 24.3 Å². The molecule has 0 radical (unpaired) electrons. The zero-order chi connectivity index (χ0) is 15.7. The van der Waals surface area contributed by atoms with E-state index in [2.05, 4.69) is 5.32 Å². The number of benzene rings is 1. The summed E-state index contributed by atoms with van der Waals surface area (Å²) in [6, 6.07) is 4.77. The topological polar surface area (TPSA) is 55.1 Å². The Morgan fingerprint density at radius 3 is 2.76 bits per heavy atom. The summed E-state index contributed by atoms with van der Waals surface area (Å²) >= 11 is 0. The fraction of sp³-hybridized carbons (Fsp3) is 0.533. The molecular formula is C15H19F3N2O. The second-order valence-corrected chi connectivity index (χ2v) is 5.80. The predicted molar refractivity (Wildman–Crippen MR) is 73.2 cm³/mol. The molecule has 3 nitrogen and oxygen atoms in total. The highest BCUT2D eigenvalue weighted by Gasteiger charge is 2.42. The van der Waals surface area contributed by atoms with Crippen molar-refractivity contribution in [3.8, 4) is 0 Å². The van der Waals surface area contributed by atoms with Gasteiger partial charge in [-0.2, -0.15) is 13.2 Å². The molecule has 0 aliphatic heterocycles. The molecule has 2 unspecified atom stereocenters. The number of carbonyl (C=O) groups is 1. The standard InChI is InChI=1S/C15H19F3N2O/c1-14(7-3-6-12(14)19)13(21)20-9-10-4-2-5-11(8-10)15(16,17)18/h2,4-5,8,12H,3,6-7,9,19H2,1H3,(H,20,21). The summed E-state index contributed by atoms with van der Waals surface area (Å²) in [6.07, 6.45) is -1.97. The smallest absolute Gasteiger partial charge is 0.352 e. The van der Waals surface area contributed by atoms with Crippen LogP contribution >= 0.6 is 0 Å². The van der Waals surface area contributed by atoms with Crippen LogP contribution in [0.5, 0.6) is 0 Å². The Labute approximate surface area is 121 Å². The minimum atomic E-state index is -4.38. The number of nitrogens with one attached hydrogen (secondary N) is 1. The average Bonchev–Trinajstić information content (AvgIpc) is 2.77. The van der Waals surface area contributed by atoms with Crippen LogP contribution < -0.4 is 11.1 Å². The van der Waals surface area contributed by atoms with Crippen LogP contribution in [0.3, 0.4) is 0 Å². The molecule has 0 spiro atoms. The fourth-order valence-corrected chi connectivity index (χ4v) is 2.72. The Morgan fingerprint density at radius 2 is 2.19 bits per heavy atom. The molecule has 6 heteroatoms. The minimum Gasteiger partial charge on any atom is -0.352 e. The molecule has 0 saturated heterocycles. The van der Waals surface area contributed by atoms with Crippen LogP contribution in [0, 0.1) is 5.41 Å². The zero-order valence-corrected chi connectivity index (χ0v) is 11.8. The highest BCUT2D eigenvalue weighted by molar-refractivity contribution is 5.83. The lowest BCUT2D eigenvalue weighted by Gasteiger charge is -2.27. The van der Waals surface area contributed by atoms with Crippen LogP contribution in [0.1, 0.15) is 37.3 Å². The molecule has 1 amide bonds. The van der Waals surface area contributed by atoms with Crippen molar-refractivity contribution in [3.05, 3.63) is 35.4 Å². The number of amides is 1. The molecule has 1 aliphatic rings. The number of carbonyl (C=O) groups excluding carboxylic acids is 1. The van der Waals surface area contributed by atoms with Gasteiger partial charge in [-0.15, -0.1) is 0 Å². The zero-order valence-electron chi connectivity index (χ0n) is 11.8. The highest BCUT2D eigenvalue weighted by atomic mass is 19.4. The Balaban J connectivity index is 2.02. The molecule has 0 bridgehead atoms. The third-order valence-corrected chi connectivity index (χ3v) is 4.26. The second kappa shape index (κ2) is 5.67. The molecule has 1 aromatic rings. The molecule has 2 rings (SSSR count). The van der Waals surface area contributed by atoms with E-state index < -0.39 is 17.2 Å². The van der Waals surface area contributed by atoms with E-state index in [-0.39, 0.29) is 18.5 Å². The summed E-state index contributed by atoms with van der Waals surface area (Å²) in [5.74, 6) is -0.190. The molecule has 2 atom stereocenters. The first kappa shape index (κ1) is 15.8. The Bertz CT molecular complexity index is 530. The van der Waals surface area contributed by atoms with Crippen LogP contribution in [0.4, 0.5) is 13.2 Å². The predicted octanol–water partition coefficient (Wildman–Crippen LogP) is 2.84. The monoisotopic (exact) mass is 300 g/mol. The molecule has 0 heterocycles. The van der Waals surface area contributed by atoms with Crippen LogP contribution in [0.2, 0.25) is 0 Å². The SMILES string of the molecule is CC1(C(=O)NCc2cccc(C(F)(F)F)c2)CCCC1N. The molecule has 21 heavy (non-hydrogen) atoms. The third-order valence-electron chi connectivity index (χ3n) is 4.26. The molecule has 1 fully saturated rings. The van der Waals surface area contributed by atoms with Gasteiger partial charge in [-0.25, -0.2) is 0 Å². The van der Waals surface area contributed by atoms with E-state index >= 15 is 0 Å². The molecule has 1 aliphatic carbocycles. The van der Waals surface area contributed by atoms with Crippen LogP contribution in [-0.4, -0.2) is 11.9 Å². The van der Waals surface area contributed by atoms with E-state index in [0.29, 0.717) is 12.0 Å². The molecule has 1 saturated carbocycles. The van der Waals surface area contributed by atoms with Gasteiger partial charge in [0.1, 0.15) is 0 Å². The second-order valence-electron chi connectivity index (χ2n) is 5.80. The molecule has 0 aromatic heterocycles. The quantitative estimate of drug-likeness (QED) is 0.902. The number of hydrogen-bond donors (Lipinski definition) is 2. The Kier molecular flexibility index (Phi) is 4.27. The maximum Gasteiger partial charge on any atom is 0.416 e. The minimum absolute atomic E-state index is 0.0745. The van der Waals surface area contributed by atoms with E-state index in [9.17, 15) is 18.0 Å². The van der Waals surface area contributed by atoms with Gasteiger partial charge >= 0.3 is 6.18 Å². The van der Waals surface area contributed by atoms with Crippen LogP contribution in [0.25, 0.3) is 0 Å². The molecule has 1 aromatic carbocycles. The van der Waals surface area contributed by atoms with Gasteiger partial charge in [0.2, 0.25) is 5.91 Å². The van der Waals surface area contributed by atoms with Crippen molar-refractivity contribution in [2.24, 2.45) is 11.1 Å². The van der Waals surface area contributed by atoms with Gasteiger partial charge in [0.15, 0.2) is 0 Å². The summed E-state index contributed by atoms with van der Waals surface area (Å²) < 4.78 is 37.9. The lowest BCUT2D eigenvalue weighted by Crippen LogP contribution is -2.47. The first-order valence-corrected chi connectivity index (χ1v) is 6.93. The fourth-order valence-electron chi connectivity index (χ4n) is 2.72. The number of hydrogen-bond acceptors (Lipinski definition) is 2. The number of nitrogens with two attached hydrogens (primary N) is 1. The summed E-state index contributed by atoms with van der Waals surface area (Å²) in [6.45, 7) is 1.89. The molecule has 116 valence electrons. The maximum atomic E-state index is 12.6. The van der Waals surface area contributed by atoms with Gasteiger partial charge in [0.05, 0.1) is 11.0 Å². The van der Waals surface area contributed by atoms with Gasteiger partial charge in [0, 0.05) is 12.6 Å². The molecule has 3 N–H and O–H groups in total. The lowest BCUT2D eigenvalue weighted by atomic mass is 9.84. The van der Waals surface area contributed by atoms with Gasteiger partial charge in [-0.3, -0.25) is 4.79 Å². The van der Waals surface area contributed by atoms with Crippen LogP contribution in [-0.2, 0) is 17.5 Å². The van der Waals surface area contributed by atoms with Crippen molar-refractivity contribution in [1.29, 1.82) is 0 Å². The van der Waals surface area contributed by atoms with Crippen molar-refractivity contribution in [2.45, 2.75) is 44.9 Å². The van der Waals surface area contributed by atoms with Crippen molar-refractivity contribution >= 4 is 5.91 Å². The van der Waals surface area contributed by atoms with E-state index in [1.54, 1.807) is 6.07 Å². The molecular weight excluding hydrogens is 281 g/mol. The van der Waals surface area contributed by atoms with Gasteiger partial charge in [-0.05, 0) is 37.5 Å². The Hall–Kier alpha value is -1.56. The van der Waals surface area contributed by atoms with Crippen molar-refractivity contribution < 1.29 is 18.0 Å². The first-order valence-electron chi connectivity index (χ1n) is 6.93. The Morgan fingerprint density at radius 1 is 1.48 bits per heavy atom. The van der Waals surface area contributed by atoms with Crippen molar-refractivity contribution in [2.75, 3.05) is 0 Å². The maximum absolute atomic E-state index is 12.6. The summed E-state index contributed by atoms with van der Waals surface area (Å²) in [4.78, 5) is 12.2. The number of halogens is 3. The van der Waals surface area contributed by atoms with Crippen molar-refractivity contribution in [1.82, 2.24) is 5.32 Å². The largest absolute Gasteiger partial charge is 0.416 e. The lowest BCUT2D eigenvalue weighted by molar-refractivity contribution is -0.137. The number of rotatable bonds is 3. The normalized spacial score (nSPS) is 25.9. The number of alkyl halides is 3. The van der Waals surface area contributed by atoms with Crippen molar-refractivity contribution in [3.63, 3.8) is 0 Å². The average molecular weight is 300 g/mol. The van der Waals surface area contributed by atoms with Gasteiger partial charge < -0.3 is 11.1 Å². The van der Waals surface area contributed by atoms with Gasteiger partial charge in [0.25, 0.3) is 0 Å². The van der Waals surface area contributed by atoms with E-state index in [1.807, 2.05) is 6.92 Å². The summed E-state index contributed by atoms with van der Waals surface area (Å²) in [5.41, 5.74) is 5.05. The van der Waals surface area contributed by atoms with E-state index in [4.69, 9.17) is 5.73 Å². The van der Waals surface area contributed by atoms with Gasteiger partial charge in [-0.1, -0.05) is 18.6 Å². The summed E-state index contributed by atoms with van der Waals surface area (Å²) in [5, 5.41) is 2.70. The van der Waals surface area contributed by atoms with E-state index in [0.717, 1.165) is 25.0 Å². The first-order chi connectivity index (χ1) is 9.73.